The van der Waals surface area contributed by atoms with Gasteiger partial charge in [0.2, 0.25) is 0 Å². The number of benzene rings is 1. The maximum atomic E-state index is 6.02. The molecule has 0 aliphatic carbocycles. The molecule has 1 saturated heterocycles. The molecule has 0 saturated carbocycles. The van der Waals surface area contributed by atoms with Crippen LogP contribution < -0.4 is 0 Å². The first-order valence-corrected chi connectivity index (χ1v) is 6.16. The van der Waals surface area contributed by atoms with Gasteiger partial charge in [0.1, 0.15) is 0 Å². The van der Waals surface area contributed by atoms with Gasteiger partial charge in [-0.25, -0.2) is 0 Å². The summed E-state index contributed by atoms with van der Waals surface area (Å²) in [6.07, 6.45) is 1.44. The van der Waals surface area contributed by atoms with E-state index in [4.69, 9.17) is 4.74 Å². The summed E-state index contributed by atoms with van der Waals surface area (Å²) in [5, 5.41) is 0. The summed E-state index contributed by atoms with van der Waals surface area (Å²) in [7, 11) is 2.18. The van der Waals surface area contributed by atoms with Crippen LogP contribution in [-0.4, -0.2) is 31.6 Å². The van der Waals surface area contributed by atoms with E-state index in [0.717, 1.165) is 19.7 Å². The molecule has 1 heterocycles. The van der Waals surface area contributed by atoms with Crippen LogP contribution in [0.1, 0.15) is 25.0 Å². The van der Waals surface area contributed by atoms with Gasteiger partial charge in [-0.15, -0.1) is 0 Å². The van der Waals surface area contributed by atoms with E-state index in [1.807, 2.05) is 0 Å². The quantitative estimate of drug-likeness (QED) is 0.758. The molecular formula is C14H21NO. The lowest BCUT2D eigenvalue weighted by Gasteiger charge is -2.25. The number of likely N-dealkylation sites (N-methyl/N-ethyl adjacent to an activating group) is 1. The second-order valence-electron chi connectivity index (χ2n) is 4.63. The maximum Gasteiger partial charge on any atom is 0.0865 e. The Hall–Kier alpha value is -0.860. The smallest absolute Gasteiger partial charge is 0.0865 e. The third-order valence-corrected chi connectivity index (χ3v) is 3.40. The summed E-state index contributed by atoms with van der Waals surface area (Å²) in [4.78, 5) is 2.37. The Labute approximate surface area is 98.2 Å². The molecule has 1 aromatic carbocycles. The van der Waals surface area contributed by atoms with E-state index in [2.05, 4.69) is 49.2 Å². The van der Waals surface area contributed by atoms with Crippen LogP contribution in [0.25, 0.3) is 0 Å². The summed E-state index contributed by atoms with van der Waals surface area (Å²) in [6, 6.07) is 10.6. The fraction of sp³-hybridized carbons (Fsp3) is 0.571. The Morgan fingerprint density at radius 2 is 2.06 bits per heavy atom. The van der Waals surface area contributed by atoms with Crippen molar-refractivity contribution in [1.29, 1.82) is 0 Å². The zero-order valence-electron chi connectivity index (χ0n) is 10.2. The molecule has 0 N–H and O–H groups in total. The van der Waals surface area contributed by atoms with E-state index in [1.54, 1.807) is 0 Å². The van der Waals surface area contributed by atoms with Crippen LogP contribution in [0.4, 0.5) is 0 Å². The highest BCUT2D eigenvalue weighted by Gasteiger charge is 2.26. The van der Waals surface area contributed by atoms with Crippen molar-refractivity contribution in [3.05, 3.63) is 35.9 Å². The molecule has 1 aromatic rings. The molecule has 0 amide bonds. The molecule has 2 rings (SSSR count). The summed E-state index contributed by atoms with van der Waals surface area (Å²) in [6.45, 7) is 5.27. The molecule has 0 bridgehead atoms. The zero-order chi connectivity index (χ0) is 11.4. The highest BCUT2D eigenvalue weighted by molar-refractivity contribution is 5.18. The van der Waals surface area contributed by atoms with Crippen molar-refractivity contribution >= 4 is 0 Å². The van der Waals surface area contributed by atoms with Crippen LogP contribution >= 0.6 is 0 Å². The first-order chi connectivity index (χ1) is 7.81. The van der Waals surface area contributed by atoms with Crippen molar-refractivity contribution in [2.75, 3.05) is 26.7 Å². The molecule has 1 fully saturated rings. The molecule has 2 unspecified atom stereocenters. The second-order valence-corrected chi connectivity index (χ2v) is 4.63. The lowest BCUT2D eigenvalue weighted by molar-refractivity contribution is 0.0295. The minimum atomic E-state index is 0.274. The lowest BCUT2D eigenvalue weighted by Crippen LogP contribution is -2.26. The Bertz CT molecular complexity index is 312. The highest BCUT2D eigenvalue weighted by Crippen LogP contribution is 2.30. The van der Waals surface area contributed by atoms with Gasteiger partial charge in [0.25, 0.3) is 0 Å². The summed E-state index contributed by atoms with van der Waals surface area (Å²) >= 11 is 0. The molecule has 1 aliphatic heterocycles. The summed E-state index contributed by atoms with van der Waals surface area (Å²) < 4.78 is 6.02. The Morgan fingerprint density at radius 3 is 2.75 bits per heavy atom. The molecule has 16 heavy (non-hydrogen) atoms. The fourth-order valence-electron chi connectivity index (χ4n) is 2.41. The maximum absolute atomic E-state index is 6.02. The molecule has 2 atom stereocenters. The van der Waals surface area contributed by atoms with Crippen LogP contribution in [0.5, 0.6) is 0 Å². The van der Waals surface area contributed by atoms with Gasteiger partial charge < -0.3 is 9.64 Å². The van der Waals surface area contributed by atoms with E-state index in [1.165, 1.54) is 12.0 Å². The van der Waals surface area contributed by atoms with E-state index < -0.39 is 0 Å². The monoisotopic (exact) mass is 219 g/mol. The first-order valence-electron chi connectivity index (χ1n) is 6.16. The molecule has 0 aromatic heterocycles. The van der Waals surface area contributed by atoms with Crippen LogP contribution in [0, 0.1) is 5.92 Å². The van der Waals surface area contributed by atoms with E-state index >= 15 is 0 Å². The molecule has 0 radical (unpaired) electrons. The van der Waals surface area contributed by atoms with Crippen molar-refractivity contribution in [3.63, 3.8) is 0 Å². The topological polar surface area (TPSA) is 12.5 Å². The minimum Gasteiger partial charge on any atom is -0.372 e. The zero-order valence-corrected chi connectivity index (χ0v) is 10.2. The average molecular weight is 219 g/mol. The van der Waals surface area contributed by atoms with Crippen molar-refractivity contribution in [2.24, 2.45) is 5.92 Å². The summed E-state index contributed by atoms with van der Waals surface area (Å²) in [5.74, 6) is 0.606. The highest BCUT2D eigenvalue weighted by atomic mass is 16.5. The van der Waals surface area contributed by atoms with Crippen molar-refractivity contribution < 1.29 is 4.74 Å². The largest absolute Gasteiger partial charge is 0.372 e. The van der Waals surface area contributed by atoms with Crippen molar-refractivity contribution in [2.45, 2.75) is 19.4 Å². The number of ether oxygens (including phenoxy) is 1. The standard InChI is InChI=1S/C14H21NO/c1-3-12-11-15(2)9-10-16-14(12)13-7-5-4-6-8-13/h4-8,12,14H,3,9-11H2,1-2H3. The fourth-order valence-corrected chi connectivity index (χ4v) is 2.41. The Kier molecular flexibility index (Phi) is 3.97. The van der Waals surface area contributed by atoms with Gasteiger partial charge >= 0.3 is 0 Å². The predicted octanol–water partition coefficient (Wildman–Crippen LogP) is 2.72. The first kappa shape index (κ1) is 11.6. The second kappa shape index (κ2) is 5.46. The molecule has 2 nitrogen and oxygen atoms in total. The number of nitrogens with zero attached hydrogens (tertiary/aromatic N) is 1. The SMILES string of the molecule is CCC1CN(C)CCOC1c1ccccc1. The van der Waals surface area contributed by atoms with Gasteiger partial charge in [0.15, 0.2) is 0 Å². The third kappa shape index (κ3) is 2.63. The minimum absolute atomic E-state index is 0.274. The van der Waals surface area contributed by atoms with Gasteiger partial charge in [0, 0.05) is 19.0 Å². The van der Waals surface area contributed by atoms with Gasteiger partial charge in [0.05, 0.1) is 12.7 Å². The third-order valence-electron chi connectivity index (χ3n) is 3.40. The molecule has 88 valence electrons. The molecule has 0 spiro atoms. The van der Waals surface area contributed by atoms with E-state index in [9.17, 15) is 0 Å². The van der Waals surface area contributed by atoms with Gasteiger partial charge in [-0.1, -0.05) is 37.3 Å². The van der Waals surface area contributed by atoms with Gasteiger partial charge in [-0.05, 0) is 19.0 Å². The van der Waals surface area contributed by atoms with Crippen LogP contribution in [-0.2, 0) is 4.74 Å². The molecule has 2 heteroatoms. The van der Waals surface area contributed by atoms with Crippen molar-refractivity contribution in [3.8, 4) is 0 Å². The molecule has 1 aliphatic rings. The van der Waals surface area contributed by atoms with Crippen LogP contribution in [0.2, 0.25) is 0 Å². The predicted molar refractivity (Wildman–Crippen MR) is 66.4 cm³/mol. The normalized spacial score (nSPS) is 27.6. The Morgan fingerprint density at radius 1 is 1.31 bits per heavy atom. The van der Waals surface area contributed by atoms with Crippen LogP contribution in [0.3, 0.4) is 0 Å². The van der Waals surface area contributed by atoms with Gasteiger partial charge in [-0.2, -0.15) is 0 Å². The van der Waals surface area contributed by atoms with E-state index in [-0.39, 0.29) is 6.10 Å². The number of hydrogen-bond acceptors (Lipinski definition) is 2. The average Bonchev–Trinajstić information content (AvgIpc) is 2.51. The Balaban J connectivity index is 2.17. The van der Waals surface area contributed by atoms with E-state index in [0.29, 0.717) is 5.92 Å². The number of rotatable bonds is 2. The lowest BCUT2D eigenvalue weighted by atomic mass is 9.93. The van der Waals surface area contributed by atoms with Crippen molar-refractivity contribution in [1.82, 2.24) is 4.90 Å². The summed E-state index contributed by atoms with van der Waals surface area (Å²) in [5.41, 5.74) is 1.32. The molecular weight excluding hydrogens is 198 g/mol. The van der Waals surface area contributed by atoms with Gasteiger partial charge in [-0.3, -0.25) is 0 Å². The van der Waals surface area contributed by atoms with Crippen LogP contribution in [0.15, 0.2) is 30.3 Å². The number of hydrogen-bond donors (Lipinski definition) is 0.